The molecule has 1 aromatic rings. The minimum absolute atomic E-state index is 0.461. The molecule has 0 radical (unpaired) electrons. The maximum absolute atomic E-state index is 4.14. The molecule has 1 unspecified atom stereocenters. The van der Waals surface area contributed by atoms with Crippen molar-refractivity contribution in [1.82, 2.24) is 20.3 Å². The molecule has 0 aromatic carbocycles. The number of nitrogens with one attached hydrogen (secondary N) is 1. The molecule has 4 heteroatoms. The van der Waals surface area contributed by atoms with Gasteiger partial charge in [0, 0.05) is 6.54 Å². The molecule has 0 spiro atoms. The van der Waals surface area contributed by atoms with Gasteiger partial charge in [0.1, 0.15) is 0 Å². The zero-order valence-electron chi connectivity index (χ0n) is 10.0. The average Bonchev–Trinajstić information content (AvgIpc) is 2.67. The van der Waals surface area contributed by atoms with E-state index in [9.17, 15) is 0 Å². The second kappa shape index (κ2) is 6.56. The third kappa shape index (κ3) is 4.00. The zero-order valence-corrected chi connectivity index (χ0v) is 10.0. The summed E-state index contributed by atoms with van der Waals surface area (Å²) in [6, 6.07) is 0.461. The molecule has 1 rings (SSSR count). The van der Waals surface area contributed by atoms with E-state index in [1.54, 1.807) is 0 Å². The van der Waals surface area contributed by atoms with Crippen LogP contribution in [-0.4, -0.2) is 21.5 Å². The number of aromatic nitrogens is 3. The lowest BCUT2D eigenvalue weighted by Crippen LogP contribution is -2.14. The van der Waals surface area contributed by atoms with Crippen LogP contribution in [0.5, 0.6) is 0 Å². The smallest absolute Gasteiger partial charge is 0.0964 e. The van der Waals surface area contributed by atoms with Crippen LogP contribution in [-0.2, 0) is 6.54 Å². The van der Waals surface area contributed by atoms with Crippen LogP contribution in [0.1, 0.15) is 51.8 Å². The monoisotopic (exact) mass is 210 g/mol. The molecule has 0 aliphatic carbocycles. The van der Waals surface area contributed by atoms with Gasteiger partial charge in [-0.2, -0.15) is 0 Å². The van der Waals surface area contributed by atoms with E-state index in [4.69, 9.17) is 0 Å². The molecule has 86 valence electrons. The molecule has 15 heavy (non-hydrogen) atoms. The molecule has 0 amide bonds. The van der Waals surface area contributed by atoms with Gasteiger partial charge in [-0.25, -0.2) is 4.68 Å². The molecule has 1 heterocycles. The predicted molar refractivity (Wildman–Crippen MR) is 61.6 cm³/mol. The minimum Gasteiger partial charge on any atom is -0.311 e. The van der Waals surface area contributed by atoms with Gasteiger partial charge in [-0.15, -0.1) is 5.10 Å². The molecule has 1 aromatic heterocycles. The fourth-order valence-corrected chi connectivity index (χ4v) is 1.55. The Morgan fingerprint density at radius 1 is 1.40 bits per heavy atom. The first-order valence-electron chi connectivity index (χ1n) is 5.89. The number of nitrogens with zero attached hydrogens (tertiary/aromatic N) is 3. The number of hydrogen-bond donors (Lipinski definition) is 1. The summed E-state index contributed by atoms with van der Waals surface area (Å²) in [6.07, 6.45) is 5.54. The topological polar surface area (TPSA) is 42.7 Å². The van der Waals surface area contributed by atoms with Crippen LogP contribution in [0.2, 0.25) is 0 Å². The molecular formula is C11H22N4. The van der Waals surface area contributed by atoms with E-state index in [-0.39, 0.29) is 0 Å². The SMILES string of the molecule is CCCNCc1cn(C(C)CCC)nn1. The van der Waals surface area contributed by atoms with Crippen LogP contribution in [0.3, 0.4) is 0 Å². The number of hydrogen-bond acceptors (Lipinski definition) is 3. The summed E-state index contributed by atoms with van der Waals surface area (Å²) >= 11 is 0. The summed E-state index contributed by atoms with van der Waals surface area (Å²) in [5.74, 6) is 0. The standard InChI is InChI=1S/C11H22N4/c1-4-6-10(3)15-9-11(13-14-15)8-12-7-5-2/h9-10,12H,4-8H2,1-3H3. The first-order valence-corrected chi connectivity index (χ1v) is 5.89. The quantitative estimate of drug-likeness (QED) is 0.701. The first kappa shape index (κ1) is 12.2. The lowest BCUT2D eigenvalue weighted by atomic mass is 10.2. The van der Waals surface area contributed by atoms with E-state index < -0.39 is 0 Å². The second-order valence-corrected chi connectivity index (χ2v) is 4.00. The Balaban J connectivity index is 2.41. The van der Waals surface area contributed by atoms with E-state index in [2.05, 4.69) is 36.4 Å². The normalized spacial score (nSPS) is 13.0. The van der Waals surface area contributed by atoms with Gasteiger partial charge < -0.3 is 5.32 Å². The Morgan fingerprint density at radius 3 is 2.87 bits per heavy atom. The van der Waals surface area contributed by atoms with Gasteiger partial charge in [0.2, 0.25) is 0 Å². The van der Waals surface area contributed by atoms with Crippen molar-refractivity contribution in [2.75, 3.05) is 6.54 Å². The largest absolute Gasteiger partial charge is 0.311 e. The van der Waals surface area contributed by atoms with Gasteiger partial charge in [0.15, 0.2) is 0 Å². The van der Waals surface area contributed by atoms with E-state index >= 15 is 0 Å². The average molecular weight is 210 g/mol. The third-order valence-electron chi connectivity index (χ3n) is 2.45. The predicted octanol–water partition coefficient (Wildman–Crippen LogP) is 2.14. The van der Waals surface area contributed by atoms with Crippen molar-refractivity contribution in [3.63, 3.8) is 0 Å². The molecule has 1 atom stereocenters. The fraction of sp³-hybridized carbons (Fsp3) is 0.818. The molecule has 0 aliphatic rings. The van der Waals surface area contributed by atoms with Crippen molar-refractivity contribution >= 4 is 0 Å². The van der Waals surface area contributed by atoms with Gasteiger partial charge >= 0.3 is 0 Å². The van der Waals surface area contributed by atoms with Gasteiger partial charge in [-0.05, 0) is 26.3 Å². The van der Waals surface area contributed by atoms with Gasteiger partial charge in [0.25, 0.3) is 0 Å². The Morgan fingerprint density at radius 2 is 2.20 bits per heavy atom. The van der Waals surface area contributed by atoms with Crippen molar-refractivity contribution in [3.05, 3.63) is 11.9 Å². The fourth-order valence-electron chi connectivity index (χ4n) is 1.55. The third-order valence-corrected chi connectivity index (χ3v) is 2.45. The molecule has 0 saturated carbocycles. The number of rotatable bonds is 7. The molecule has 0 fully saturated rings. The highest BCUT2D eigenvalue weighted by Crippen LogP contribution is 2.10. The van der Waals surface area contributed by atoms with Crippen LogP contribution in [0.25, 0.3) is 0 Å². The van der Waals surface area contributed by atoms with Crippen LogP contribution >= 0.6 is 0 Å². The van der Waals surface area contributed by atoms with E-state index in [1.165, 1.54) is 6.42 Å². The molecule has 0 saturated heterocycles. The van der Waals surface area contributed by atoms with Crippen LogP contribution in [0, 0.1) is 0 Å². The van der Waals surface area contributed by atoms with E-state index in [1.807, 2.05) is 10.9 Å². The van der Waals surface area contributed by atoms with Crippen molar-refractivity contribution < 1.29 is 0 Å². The Bertz CT molecular complexity index is 269. The molecule has 4 nitrogen and oxygen atoms in total. The van der Waals surface area contributed by atoms with Gasteiger partial charge in [-0.1, -0.05) is 25.5 Å². The van der Waals surface area contributed by atoms with Crippen molar-refractivity contribution in [1.29, 1.82) is 0 Å². The maximum Gasteiger partial charge on any atom is 0.0964 e. The van der Waals surface area contributed by atoms with Crippen LogP contribution in [0.15, 0.2) is 6.20 Å². The Hall–Kier alpha value is -0.900. The Labute approximate surface area is 92.1 Å². The highest BCUT2D eigenvalue weighted by atomic mass is 15.4. The molecule has 0 bridgehead atoms. The summed E-state index contributed by atoms with van der Waals surface area (Å²) in [4.78, 5) is 0. The van der Waals surface area contributed by atoms with Crippen LogP contribution in [0.4, 0.5) is 0 Å². The van der Waals surface area contributed by atoms with Crippen LogP contribution < -0.4 is 5.32 Å². The summed E-state index contributed by atoms with van der Waals surface area (Å²) in [5, 5.41) is 11.6. The minimum atomic E-state index is 0.461. The highest BCUT2D eigenvalue weighted by molar-refractivity contribution is 4.92. The molecule has 1 N–H and O–H groups in total. The lowest BCUT2D eigenvalue weighted by molar-refractivity contribution is 0.443. The van der Waals surface area contributed by atoms with Gasteiger partial charge in [0.05, 0.1) is 17.9 Å². The summed E-state index contributed by atoms with van der Waals surface area (Å²) in [6.45, 7) is 8.40. The van der Waals surface area contributed by atoms with Crippen molar-refractivity contribution in [2.45, 2.75) is 52.6 Å². The van der Waals surface area contributed by atoms with Crippen molar-refractivity contribution in [3.8, 4) is 0 Å². The van der Waals surface area contributed by atoms with E-state index in [0.29, 0.717) is 6.04 Å². The highest BCUT2D eigenvalue weighted by Gasteiger charge is 2.06. The summed E-state index contributed by atoms with van der Waals surface area (Å²) in [7, 11) is 0. The second-order valence-electron chi connectivity index (χ2n) is 4.00. The molecular weight excluding hydrogens is 188 g/mol. The van der Waals surface area contributed by atoms with E-state index in [0.717, 1.165) is 31.6 Å². The first-order chi connectivity index (χ1) is 7.27. The van der Waals surface area contributed by atoms with Gasteiger partial charge in [-0.3, -0.25) is 0 Å². The Kier molecular flexibility index (Phi) is 5.32. The maximum atomic E-state index is 4.14. The molecule has 0 aliphatic heterocycles. The summed E-state index contributed by atoms with van der Waals surface area (Å²) < 4.78 is 1.96. The van der Waals surface area contributed by atoms with Crippen molar-refractivity contribution in [2.24, 2.45) is 0 Å². The summed E-state index contributed by atoms with van der Waals surface area (Å²) in [5.41, 5.74) is 1.03. The zero-order chi connectivity index (χ0) is 11.1. The lowest BCUT2D eigenvalue weighted by Gasteiger charge is -2.08.